The van der Waals surface area contributed by atoms with Crippen molar-refractivity contribution in [1.82, 2.24) is 0 Å². The zero-order chi connectivity index (χ0) is 16.1. The summed E-state index contributed by atoms with van der Waals surface area (Å²) < 4.78 is 10.2. The number of Topliss-reactive ketones (excluding diaryl/α,β-unsaturated/α-hetero) is 2. The van der Waals surface area contributed by atoms with E-state index < -0.39 is 23.5 Å². The molecule has 0 N–H and O–H groups in total. The Kier molecular flexibility index (Phi) is 5.31. The number of carbonyl (C=O) groups excluding carboxylic acids is 3. The summed E-state index contributed by atoms with van der Waals surface area (Å²) in [6, 6.07) is 7.12. The maximum absolute atomic E-state index is 12.0. The molecule has 1 aromatic rings. The summed E-state index contributed by atoms with van der Waals surface area (Å²) in [5.74, 6) is -1.52. The van der Waals surface area contributed by atoms with Crippen LogP contribution in [0.1, 0.15) is 25.8 Å². The molecule has 1 aliphatic rings. The molecule has 2 rings (SSSR count). The van der Waals surface area contributed by atoms with Crippen molar-refractivity contribution in [2.45, 2.75) is 26.7 Å². The van der Waals surface area contributed by atoms with Crippen LogP contribution in [0.2, 0.25) is 0 Å². The zero-order valence-electron chi connectivity index (χ0n) is 12.8. The van der Waals surface area contributed by atoms with E-state index in [0.29, 0.717) is 12.5 Å². The monoisotopic (exact) mass is 304 g/mol. The van der Waals surface area contributed by atoms with Gasteiger partial charge in [0.15, 0.2) is 24.1 Å². The zero-order valence-corrected chi connectivity index (χ0v) is 12.8. The van der Waals surface area contributed by atoms with Gasteiger partial charge in [-0.3, -0.25) is 14.4 Å². The molecule has 22 heavy (non-hydrogen) atoms. The van der Waals surface area contributed by atoms with Crippen molar-refractivity contribution in [2.75, 3.05) is 13.2 Å². The Bertz CT molecular complexity index is 543. The number of carbonyl (C=O) groups is 3. The summed E-state index contributed by atoms with van der Waals surface area (Å²) in [7, 11) is 0. The molecule has 1 aromatic carbocycles. The van der Waals surface area contributed by atoms with Gasteiger partial charge in [0.25, 0.3) is 0 Å². The van der Waals surface area contributed by atoms with Crippen LogP contribution >= 0.6 is 0 Å². The Hall–Kier alpha value is -2.17. The molecule has 5 nitrogen and oxygen atoms in total. The minimum atomic E-state index is -1.25. The van der Waals surface area contributed by atoms with Crippen molar-refractivity contribution in [3.63, 3.8) is 0 Å². The largest absolute Gasteiger partial charge is 0.494 e. The molecule has 5 heteroatoms. The molecule has 0 spiro atoms. The average Bonchev–Trinajstić information content (AvgIpc) is 2.79. The highest BCUT2D eigenvalue weighted by molar-refractivity contribution is 6.20. The molecule has 0 bridgehead atoms. The van der Waals surface area contributed by atoms with E-state index in [-0.39, 0.29) is 13.0 Å². The van der Waals surface area contributed by atoms with Crippen LogP contribution in [0.15, 0.2) is 24.3 Å². The Morgan fingerprint density at radius 3 is 2.50 bits per heavy atom. The maximum atomic E-state index is 12.0. The van der Waals surface area contributed by atoms with E-state index in [4.69, 9.17) is 4.74 Å². The first-order valence-corrected chi connectivity index (χ1v) is 7.41. The number of ketones is 2. The van der Waals surface area contributed by atoms with Crippen LogP contribution in [-0.2, 0) is 25.5 Å². The molecule has 0 amide bonds. The molecule has 1 atom stereocenters. The molecule has 0 aliphatic carbocycles. The molecule has 1 aliphatic heterocycles. The lowest BCUT2D eigenvalue weighted by Gasteiger charge is -2.09. The number of hydrogen-bond donors (Lipinski definition) is 0. The maximum Gasteiger partial charge on any atom is 0.324 e. The summed E-state index contributed by atoms with van der Waals surface area (Å²) in [4.78, 5) is 34.8. The van der Waals surface area contributed by atoms with E-state index in [1.54, 1.807) is 24.3 Å². The highest BCUT2D eigenvalue weighted by Gasteiger charge is 2.40. The highest BCUT2D eigenvalue weighted by Crippen LogP contribution is 2.18. The Morgan fingerprint density at radius 2 is 1.95 bits per heavy atom. The lowest BCUT2D eigenvalue weighted by atomic mass is 9.96. The molecule has 1 saturated heterocycles. The third-order valence-electron chi connectivity index (χ3n) is 3.50. The van der Waals surface area contributed by atoms with Crippen molar-refractivity contribution in [3.8, 4) is 5.75 Å². The molecule has 0 saturated carbocycles. The number of rotatable bonds is 7. The molecular formula is C17H20O5. The number of benzene rings is 1. The summed E-state index contributed by atoms with van der Waals surface area (Å²) in [6.07, 6.45) is 1.02. The summed E-state index contributed by atoms with van der Waals surface area (Å²) >= 11 is 0. The fraction of sp³-hybridized carbons (Fsp3) is 0.471. The van der Waals surface area contributed by atoms with Crippen molar-refractivity contribution in [3.05, 3.63) is 29.8 Å². The number of ether oxygens (including phenoxy) is 2. The average molecular weight is 304 g/mol. The normalized spacial score (nSPS) is 17.7. The third-order valence-corrected chi connectivity index (χ3v) is 3.50. The Balaban J connectivity index is 1.89. The van der Waals surface area contributed by atoms with Gasteiger partial charge in [-0.15, -0.1) is 0 Å². The van der Waals surface area contributed by atoms with E-state index >= 15 is 0 Å². The van der Waals surface area contributed by atoms with Crippen LogP contribution in [0.25, 0.3) is 0 Å². The van der Waals surface area contributed by atoms with Gasteiger partial charge in [-0.2, -0.15) is 0 Å². The topological polar surface area (TPSA) is 69.7 Å². The number of cyclic esters (lactones) is 1. The minimum Gasteiger partial charge on any atom is -0.494 e. The summed E-state index contributed by atoms with van der Waals surface area (Å²) in [6.45, 7) is 4.62. The molecule has 0 aromatic heterocycles. The van der Waals surface area contributed by atoms with E-state index in [1.807, 2.05) is 0 Å². The minimum absolute atomic E-state index is 0.0395. The fourth-order valence-corrected chi connectivity index (χ4v) is 2.17. The Labute approximate surface area is 129 Å². The predicted molar refractivity (Wildman–Crippen MR) is 79.6 cm³/mol. The lowest BCUT2D eigenvalue weighted by molar-refractivity contribution is -0.144. The van der Waals surface area contributed by atoms with Gasteiger partial charge < -0.3 is 9.47 Å². The second kappa shape index (κ2) is 7.20. The summed E-state index contributed by atoms with van der Waals surface area (Å²) in [5.41, 5.74) is 0.744. The van der Waals surface area contributed by atoms with Gasteiger partial charge in [0.1, 0.15) is 5.75 Å². The van der Waals surface area contributed by atoms with Crippen LogP contribution in [0.5, 0.6) is 5.75 Å². The van der Waals surface area contributed by atoms with Crippen molar-refractivity contribution in [2.24, 2.45) is 11.8 Å². The SMILES string of the molecule is CC(C)CCOc1ccc(CC(=O)C2C(=O)COC2=O)cc1. The second-order valence-corrected chi connectivity index (χ2v) is 5.83. The van der Waals surface area contributed by atoms with E-state index in [1.165, 1.54) is 0 Å². The van der Waals surface area contributed by atoms with Gasteiger partial charge in [0.05, 0.1) is 6.61 Å². The van der Waals surface area contributed by atoms with Crippen molar-refractivity contribution < 1.29 is 23.9 Å². The van der Waals surface area contributed by atoms with Crippen LogP contribution in [-0.4, -0.2) is 30.7 Å². The fourth-order valence-electron chi connectivity index (χ4n) is 2.17. The quantitative estimate of drug-likeness (QED) is 0.569. The molecule has 1 heterocycles. The van der Waals surface area contributed by atoms with E-state index in [0.717, 1.165) is 17.7 Å². The van der Waals surface area contributed by atoms with Gasteiger partial charge in [-0.1, -0.05) is 26.0 Å². The van der Waals surface area contributed by atoms with Crippen LogP contribution in [0.4, 0.5) is 0 Å². The van der Waals surface area contributed by atoms with Gasteiger partial charge in [-0.25, -0.2) is 0 Å². The smallest absolute Gasteiger partial charge is 0.324 e. The number of hydrogen-bond acceptors (Lipinski definition) is 5. The van der Waals surface area contributed by atoms with E-state index in [2.05, 4.69) is 18.6 Å². The van der Waals surface area contributed by atoms with Gasteiger partial charge >= 0.3 is 5.97 Å². The van der Waals surface area contributed by atoms with Gasteiger partial charge in [0.2, 0.25) is 0 Å². The van der Waals surface area contributed by atoms with Gasteiger partial charge in [0, 0.05) is 6.42 Å². The lowest BCUT2D eigenvalue weighted by Crippen LogP contribution is -2.27. The Morgan fingerprint density at radius 1 is 1.27 bits per heavy atom. The van der Waals surface area contributed by atoms with Crippen LogP contribution < -0.4 is 4.74 Å². The van der Waals surface area contributed by atoms with Crippen molar-refractivity contribution in [1.29, 1.82) is 0 Å². The molecule has 1 fully saturated rings. The first-order chi connectivity index (χ1) is 10.5. The first kappa shape index (κ1) is 16.2. The van der Waals surface area contributed by atoms with Gasteiger partial charge in [-0.05, 0) is 30.0 Å². The second-order valence-electron chi connectivity index (χ2n) is 5.83. The van der Waals surface area contributed by atoms with Crippen LogP contribution in [0, 0.1) is 11.8 Å². The molecular weight excluding hydrogens is 284 g/mol. The standard InChI is InChI=1S/C17H20O5/c1-11(2)7-8-21-13-5-3-12(4-6-13)9-14(18)16-15(19)10-22-17(16)20/h3-6,11,16H,7-10H2,1-2H3. The van der Waals surface area contributed by atoms with Crippen LogP contribution in [0.3, 0.4) is 0 Å². The van der Waals surface area contributed by atoms with Crippen molar-refractivity contribution >= 4 is 17.5 Å². The first-order valence-electron chi connectivity index (χ1n) is 7.41. The van der Waals surface area contributed by atoms with E-state index in [9.17, 15) is 14.4 Å². The third kappa shape index (κ3) is 4.16. The highest BCUT2D eigenvalue weighted by atomic mass is 16.5. The summed E-state index contributed by atoms with van der Waals surface area (Å²) in [5, 5.41) is 0. The molecule has 1 unspecified atom stereocenters. The predicted octanol–water partition coefficient (Wildman–Crippen LogP) is 1.97. The number of esters is 1. The molecule has 0 radical (unpaired) electrons. The molecule has 118 valence electrons.